The molecule has 0 amide bonds. The number of nitrogens with zero attached hydrogens (tertiary/aromatic N) is 3. The van der Waals surface area contributed by atoms with Crippen LogP contribution in [0.1, 0.15) is 27.7 Å². The molecule has 5 heteroatoms. The summed E-state index contributed by atoms with van der Waals surface area (Å²) >= 11 is 0. The first kappa shape index (κ1) is 12.6. The van der Waals surface area contributed by atoms with Crippen molar-refractivity contribution in [1.29, 1.82) is 10.5 Å². The van der Waals surface area contributed by atoms with Gasteiger partial charge in [0.15, 0.2) is 0 Å². The lowest BCUT2D eigenvalue weighted by Gasteiger charge is -2.64. The normalized spacial score (nSPS) is 27.4. The van der Waals surface area contributed by atoms with E-state index in [1.54, 1.807) is 34.7 Å². The Morgan fingerprint density at radius 1 is 1.11 bits per heavy atom. The molecule has 0 aromatic carbocycles. The first-order chi connectivity index (χ1) is 8.19. The van der Waals surface area contributed by atoms with Crippen LogP contribution in [-0.4, -0.2) is 23.4 Å². The largest absolute Gasteiger partial charge is 0.393 e. The fourth-order valence-corrected chi connectivity index (χ4v) is 4.02. The van der Waals surface area contributed by atoms with Gasteiger partial charge in [-0.3, -0.25) is 4.79 Å². The van der Waals surface area contributed by atoms with Gasteiger partial charge in [0.05, 0.1) is 10.8 Å². The summed E-state index contributed by atoms with van der Waals surface area (Å²) in [7, 11) is 1.66. The third kappa shape index (κ3) is 0.900. The molecule has 2 rings (SSSR count). The molecule has 1 fully saturated rings. The fourth-order valence-electron chi connectivity index (χ4n) is 4.02. The number of rotatable bonds is 0. The average molecular weight is 245 g/mol. The molecule has 1 aliphatic carbocycles. The van der Waals surface area contributed by atoms with Crippen molar-refractivity contribution in [2.75, 3.05) is 7.05 Å². The molecule has 94 valence electrons. The van der Waals surface area contributed by atoms with Crippen molar-refractivity contribution >= 4 is 5.78 Å². The van der Waals surface area contributed by atoms with Crippen LogP contribution in [0.25, 0.3) is 0 Å². The monoisotopic (exact) mass is 245 g/mol. The van der Waals surface area contributed by atoms with Crippen LogP contribution in [0.15, 0.2) is 11.3 Å². The molecular formula is C13H15N3O2. The molecular weight excluding hydrogens is 230 g/mol. The van der Waals surface area contributed by atoms with Crippen LogP contribution in [0.3, 0.4) is 0 Å². The van der Waals surface area contributed by atoms with E-state index in [0.717, 1.165) is 0 Å². The third-order valence-corrected chi connectivity index (χ3v) is 4.45. The first-order valence-electron chi connectivity index (χ1n) is 5.71. The van der Waals surface area contributed by atoms with Gasteiger partial charge < -0.3 is 4.84 Å². The number of Topliss-reactive ketones (excluding diaryl/α,β-unsaturated/α-hetero) is 1. The molecule has 0 atom stereocenters. The molecule has 1 heterocycles. The van der Waals surface area contributed by atoms with Crippen LogP contribution in [-0.2, 0) is 9.63 Å². The molecule has 0 saturated heterocycles. The molecule has 1 aliphatic heterocycles. The Balaban J connectivity index is 2.77. The van der Waals surface area contributed by atoms with E-state index in [4.69, 9.17) is 10.1 Å². The highest BCUT2D eigenvalue weighted by atomic mass is 16.7. The van der Waals surface area contributed by atoms with Gasteiger partial charge in [-0.2, -0.15) is 10.5 Å². The zero-order valence-corrected chi connectivity index (χ0v) is 11.2. The van der Waals surface area contributed by atoms with Gasteiger partial charge in [-0.05, 0) is 0 Å². The number of allylic oxidation sites excluding steroid dienone is 1. The van der Waals surface area contributed by atoms with E-state index >= 15 is 0 Å². The molecule has 1 spiro atoms. The predicted octanol–water partition coefficient (Wildman–Crippen LogP) is 1.54. The van der Waals surface area contributed by atoms with Crippen LogP contribution >= 0.6 is 0 Å². The maximum Gasteiger partial charge on any atom is 0.239 e. The molecule has 18 heavy (non-hydrogen) atoms. The zero-order chi connectivity index (χ0) is 13.9. The second-order valence-corrected chi connectivity index (χ2v) is 5.81. The summed E-state index contributed by atoms with van der Waals surface area (Å²) in [4.78, 5) is 17.6. The first-order valence-corrected chi connectivity index (χ1v) is 5.71. The maximum absolute atomic E-state index is 12.3. The minimum absolute atomic E-state index is 0.00588. The molecule has 5 nitrogen and oxygen atoms in total. The summed E-state index contributed by atoms with van der Waals surface area (Å²) in [5.74, 6) is 0.0611. The molecule has 0 bridgehead atoms. The molecule has 2 aliphatic rings. The molecule has 0 aromatic heterocycles. The van der Waals surface area contributed by atoms with E-state index in [2.05, 4.69) is 6.07 Å². The van der Waals surface area contributed by atoms with Gasteiger partial charge in [0.1, 0.15) is 29.0 Å². The van der Waals surface area contributed by atoms with Crippen molar-refractivity contribution in [2.45, 2.75) is 33.2 Å². The number of likely N-dealkylation sites (N-methyl/N-ethyl adjacent to an activating group) is 1. The van der Waals surface area contributed by atoms with Gasteiger partial charge in [-0.25, -0.2) is 0 Å². The minimum atomic E-state index is -0.864. The highest BCUT2D eigenvalue weighted by Crippen LogP contribution is 2.66. The van der Waals surface area contributed by atoms with E-state index in [1.807, 2.05) is 6.07 Å². The Bertz CT molecular complexity index is 540. The van der Waals surface area contributed by atoms with Crippen LogP contribution in [0.2, 0.25) is 0 Å². The Morgan fingerprint density at radius 3 is 2.00 bits per heavy atom. The summed E-state index contributed by atoms with van der Waals surface area (Å²) in [5.41, 5.74) is -2.12. The van der Waals surface area contributed by atoms with E-state index in [-0.39, 0.29) is 17.1 Å². The van der Waals surface area contributed by atoms with E-state index in [1.165, 1.54) is 5.06 Å². The Morgan fingerprint density at radius 2 is 1.61 bits per heavy atom. The van der Waals surface area contributed by atoms with Crippen molar-refractivity contribution < 1.29 is 9.63 Å². The number of carbonyl (C=O) groups is 1. The topological polar surface area (TPSA) is 77.1 Å². The summed E-state index contributed by atoms with van der Waals surface area (Å²) < 4.78 is 0. The van der Waals surface area contributed by atoms with Gasteiger partial charge in [-0.15, -0.1) is 5.06 Å². The van der Waals surface area contributed by atoms with Crippen LogP contribution in [0.5, 0.6) is 0 Å². The van der Waals surface area contributed by atoms with Crippen molar-refractivity contribution in [3.05, 3.63) is 11.3 Å². The number of hydrogen-bond donors (Lipinski definition) is 0. The van der Waals surface area contributed by atoms with Gasteiger partial charge in [0.25, 0.3) is 0 Å². The number of ketones is 1. The number of hydrogen-bond acceptors (Lipinski definition) is 5. The zero-order valence-electron chi connectivity index (χ0n) is 11.2. The second-order valence-electron chi connectivity index (χ2n) is 5.81. The highest BCUT2D eigenvalue weighted by Gasteiger charge is 2.79. The predicted molar refractivity (Wildman–Crippen MR) is 62.4 cm³/mol. The Labute approximate surface area is 106 Å². The molecule has 0 unspecified atom stereocenters. The molecule has 0 radical (unpaired) electrons. The fraction of sp³-hybridized carbons (Fsp3) is 0.615. The van der Waals surface area contributed by atoms with Crippen LogP contribution < -0.4 is 0 Å². The number of nitriles is 2. The molecule has 0 N–H and O–H groups in total. The lowest BCUT2D eigenvalue weighted by atomic mass is 9.40. The van der Waals surface area contributed by atoms with Crippen molar-refractivity contribution in [3.63, 3.8) is 0 Å². The lowest BCUT2D eigenvalue weighted by Crippen LogP contribution is -2.79. The van der Waals surface area contributed by atoms with Crippen molar-refractivity contribution in [1.82, 2.24) is 5.06 Å². The number of hydroxylamine groups is 2. The third-order valence-electron chi connectivity index (χ3n) is 4.45. The summed E-state index contributed by atoms with van der Waals surface area (Å²) in [6.45, 7) is 7.16. The SMILES string of the molecule is CN1OC(C#N)=C(C#N)C12C(C)(C)C(=O)C2(C)C. The summed E-state index contributed by atoms with van der Waals surface area (Å²) in [6, 6.07) is 3.95. The van der Waals surface area contributed by atoms with Gasteiger partial charge in [0.2, 0.25) is 5.76 Å². The Hall–Kier alpha value is -1.85. The lowest BCUT2D eigenvalue weighted by molar-refractivity contribution is -0.240. The van der Waals surface area contributed by atoms with E-state index < -0.39 is 16.4 Å². The standard InChI is InChI=1S/C13H15N3O2/c1-11(2)10(17)12(3,4)13(11)8(6-14)9(7-15)18-16(13)5/h1-5H3. The smallest absolute Gasteiger partial charge is 0.239 e. The van der Waals surface area contributed by atoms with Crippen LogP contribution in [0, 0.1) is 33.5 Å². The quantitative estimate of drug-likeness (QED) is 0.647. The summed E-state index contributed by atoms with van der Waals surface area (Å²) in [6.07, 6.45) is 0. The second kappa shape index (κ2) is 3.13. The minimum Gasteiger partial charge on any atom is -0.393 e. The highest BCUT2D eigenvalue weighted by molar-refractivity contribution is 6.01. The van der Waals surface area contributed by atoms with Crippen molar-refractivity contribution in [3.8, 4) is 12.1 Å². The van der Waals surface area contributed by atoms with Gasteiger partial charge in [0, 0.05) is 7.05 Å². The van der Waals surface area contributed by atoms with Crippen molar-refractivity contribution in [2.24, 2.45) is 10.8 Å². The van der Waals surface area contributed by atoms with Gasteiger partial charge >= 0.3 is 0 Å². The van der Waals surface area contributed by atoms with E-state index in [0.29, 0.717) is 0 Å². The van der Waals surface area contributed by atoms with Crippen LogP contribution in [0.4, 0.5) is 0 Å². The molecule has 0 aromatic rings. The maximum atomic E-state index is 12.3. The molecule has 1 saturated carbocycles. The summed E-state index contributed by atoms with van der Waals surface area (Å²) in [5, 5.41) is 19.9. The number of carbonyl (C=O) groups excluding carboxylic acids is 1. The average Bonchev–Trinajstić information content (AvgIpc) is 2.62. The van der Waals surface area contributed by atoms with E-state index in [9.17, 15) is 10.1 Å². The van der Waals surface area contributed by atoms with Gasteiger partial charge in [-0.1, -0.05) is 27.7 Å². The Kier molecular flexibility index (Phi) is 2.19.